The van der Waals surface area contributed by atoms with E-state index in [0.29, 0.717) is 6.67 Å². The van der Waals surface area contributed by atoms with Crippen LogP contribution >= 0.6 is 0 Å². The van der Waals surface area contributed by atoms with Gasteiger partial charge in [-0.2, -0.15) is 0 Å². The Hall–Kier alpha value is -9.69. The fourth-order valence-corrected chi connectivity index (χ4v) is 24.4. The van der Waals surface area contributed by atoms with Gasteiger partial charge in [-0.3, -0.25) is 4.57 Å². The molecule has 5 nitrogen and oxygen atoms in total. The second-order valence-electron chi connectivity index (χ2n) is 27.6. The second kappa shape index (κ2) is 21.8. The van der Waals surface area contributed by atoms with Crippen molar-refractivity contribution in [1.29, 1.82) is 0 Å². The molecule has 4 heterocycles. The number of anilines is 2. The maximum absolute atomic E-state index is 7.05. The number of ether oxygens (including phenoxy) is 1. The van der Waals surface area contributed by atoms with Gasteiger partial charge in [-0.05, 0) is 41.3 Å². The van der Waals surface area contributed by atoms with E-state index in [1.54, 1.807) is 0 Å². The summed E-state index contributed by atoms with van der Waals surface area (Å²) in [4.78, 5) is 7.47. The summed E-state index contributed by atoms with van der Waals surface area (Å²) in [6.07, 6.45) is 1.94. The molecule has 1 aliphatic rings. The number of aromatic nitrogens is 3. The van der Waals surface area contributed by atoms with E-state index in [-0.39, 0.29) is 16.2 Å². The summed E-state index contributed by atoms with van der Waals surface area (Å²) < 4.78 is 17.6. The van der Waals surface area contributed by atoms with Crippen molar-refractivity contribution in [3.05, 3.63) is 290 Å². The van der Waals surface area contributed by atoms with E-state index in [4.69, 9.17) is 9.72 Å². The summed E-state index contributed by atoms with van der Waals surface area (Å²) in [5, 5.41) is 9.57. The first kappa shape index (κ1) is 56.8. The minimum absolute atomic E-state index is 0.0387. The van der Waals surface area contributed by atoms with Crippen molar-refractivity contribution in [2.24, 2.45) is 0 Å². The number of nitrogens with zero attached hydrogens (tertiary/aromatic N) is 4. The molecule has 440 valence electrons. The average molecular weight is 1230 g/mol. The Balaban J connectivity index is 0.976. The number of hydrogen-bond acceptors (Lipinski definition) is 3. The normalized spacial score (nSPS) is 12.9. The van der Waals surface area contributed by atoms with Crippen LogP contribution in [0.25, 0.3) is 82.1 Å². The van der Waals surface area contributed by atoms with Gasteiger partial charge in [0.1, 0.15) is 11.6 Å². The van der Waals surface area contributed by atoms with Gasteiger partial charge < -0.3 is 0 Å². The summed E-state index contributed by atoms with van der Waals surface area (Å²) in [5.41, 5.74) is 12.6. The Bertz CT molecular complexity index is 5100. The first-order valence-electron chi connectivity index (χ1n) is 31.7. The third-order valence-corrected chi connectivity index (χ3v) is 28.8. The van der Waals surface area contributed by atoms with Gasteiger partial charge in [-0.15, -0.1) is 0 Å². The zero-order valence-electron chi connectivity index (χ0n) is 52.9. The summed E-state index contributed by atoms with van der Waals surface area (Å²) in [7, 11) is 0. The Morgan fingerprint density at radius 3 is 1.57 bits per heavy atom. The maximum atomic E-state index is 7.05. The van der Waals surface area contributed by atoms with Gasteiger partial charge >= 0.3 is 378 Å². The molecule has 14 aromatic rings. The van der Waals surface area contributed by atoms with Crippen LogP contribution in [0.2, 0.25) is 0 Å². The first-order chi connectivity index (χ1) is 43.5. The minimum atomic E-state index is -3.82. The molecule has 0 radical (unpaired) electrons. The molecule has 0 atom stereocenters. The Kier molecular flexibility index (Phi) is 13.8. The third kappa shape index (κ3) is 9.64. The number of pyridine rings is 1. The SMILES string of the molecule is CC(C)(C)c1cc(-c2cccc3c4ccccc4c4ccc(C(C)(C)C)cc4c4cccc5c4n(c23)CN5c2cccc(Oc3ccc4c5ccccc5n(-c5cc(C(C)(C)C)ccn5)c4c3)c2)c[c]([Ge]([c]2ccccc2)([c]2ccccc2)[c]2ccccc2)c1. The van der Waals surface area contributed by atoms with Gasteiger partial charge in [-0.25, -0.2) is 4.98 Å². The van der Waals surface area contributed by atoms with Crippen LogP contribution in [0.3, 0.4) is 0 Å². The van der Waals surface area contributed by atoms with Crippen molar-refractivity contribution in [2.45, 2.75) is 85.2 Å². The number of rotatable bonds is 9. The third-order valence-electron chi connectivity index (χ3n) is 18.9. The number of fused-ring (bicyclic) bond motifs is 10. The monoisotopic (exact) mass is 1230 g/mol. The molecule has 6 heteroatoms. The van der Waals surface area contributed by atoms with Crippen LogP contribution in [0.15, 0.2) is 273 Å². The quantitative estimate of drug-likeness (QED) is 0.135. The van der Waals surface area contributed by atoms with E-state index in [2.05, 4.69) is 343 Å². The fourth-order valence-electron chi connectivity index (χ4n) is 14.3. The van der Waals surface area contributed by atoms with Crippen LogP contribution in [0, 0.1) is 0 Å². The molecule has 15 rings (SSSR count). The molecule has 0 aliphatic carbocycles. The standard InChI is InChI=1S/C84H74GeN4O/c1-82(2,3)57-42-44-70-68-34-19-20-35-69(68)73-38-24-37-67(56-48-59(84(7,8)9)50-63(49-56)85(60-26-13-10-14-27-60,61-28-15-11-16-29-61)62-30-17-12-18-31-62)80(73)88-55-87(77-41-25-39-74(81(77)88)75(70)51-57)64-32-23-33-65(53-64)90-66-43-45-72-71-36-21-22-40-76(71)89(78(72)54-66)79-52-58(46-47-86-79)83(4,5)6/h10-54H,55H2,1-9H3. The van der Waals surface area contributed by atoms with Crippen molar-refractivity contribution in [1.82, 2.24) is 14.1 Å². The molecule has 3 aromatic heterocycles. The summed E-state index contributed by atoms with van der Waals surface area (Å²) >= 11 is -3.82. The van der Waals surface area contributed by atoms with Gasteiger partial charge in [0, 0.05) is 23.0 Å². The molecule has 1 aliphatic heterocycles. The van der Waals surface area contributed by atoms with Gasteiger partial charge in [0.25, 0.3) is 0 Å². The van der Waals surface area contributed by atoms with Crippen LogP contribution in [0.1, 0.15) is 79.0 Å². The molecule has 11 aromatic carbocycles. The molecule has 0 saturated heterocycles. The molecule has 0 N–H and O–H groups in total. The molecule has 0 unspecified atom stereocenters. The summed E-state index contributed by atoms with van der Waals surface area (Å²) in [5.74, 6) is 2.40. The molecule has 0 saturated carbocycles. The first-order valence-corrected chi connectivity index (χ1v) is 35.9. The number of benzene rings is 11. The Morgan fingerprint density at radius 1 is 0.367 bits per heavy atom. The van der Waals surface area contributed by atoms with Crippen LogP contribution in [0.5, 0.6) is 11.5 Å². The fraction of sp³-hybridized carbons (Fsp3) is 0.155. The van der Waals surface area contributed by atoms with E-state index < -0.39 is 13.3 Å². The van der Waals surface area contributed by atoms with Crippen molar-refractivity contribution in [3.8, 4) is 28.4 Å². The van der Waals surface area contributed by atoms with E-state index in [9.17, 15) is 0 Å². The second-order valence-corrected chi connectivity index (χ2v) is 35.6. The van der Waals surface area contributed by atoms with E-state index in [0.717, 1.165) is 45.1 Å². The summed E-state index contributed by atoms with van der Waals surface area (Å²) in [6, 6.07) is 100. The predicted octanol–water partition coefficient (Wildman–Crippen LogP) is 19.6. The Labute approximate surface area is 531 Å². The van der Waals surface area contributed by atoms with E-state index in [1.165, 1.54) is 94.1 Å². The van der Waals surface area contributed by atoms with E-state index >= 15 is 0 Å². The van der Waals surface area contributed by atoms with Crippen molar-refractivity contribution in [3.63, 3.8) is 0 Å². The van der Waals surface area contributed by atoms with E-state index in [1.807, 2.05) is 6.20 Å². The van der Waals surface area contributed by atoms with Crippen LogP contribution in [-0.4, -0.2) is 27.4 Å². The zero-order chi connectivity index (χ0) is 61.7. The molecule has 0 amide bonds. The summed E-state index contributed by atoms with van der Waals surface area (Å²) in [6.45, 7) is 21.4. The van der Waals surface area contributed by atoms with Crippen molar-refractivity contribution in [2.75, 3.05) is 4.90 Å². The van der Waals surface area contributed by atoms with Gasteiger partial charge in [0.2, 0.25) is 0 Å². The Morgan fingerprint density at radius 2 is 0.900 bits per heavy atom. The molecule has 0 bridgehead atoms. The van der Waals surface area contributed by atoms with Crippen LogP contribution < -0.4 is 27.2 Å². The van der Waals surface area contributed by atoms with Crippen LogP contribution in [-0.2, 0) is 22.9 Å². The molecule has 90 heavy (non-hydrogen) atoms. The number of hydrogen-bond donors (Lipinski definition) is 0. The molecule has 0 spiro atoms. The predicted molar refractivity (Wildman–Crippen MR) is 384 cm³/mol. The zero-order valence-corrected chi connectivity index (χ0v) is 55.0. The molecular formula is C84H74GeN4O. The van der Waals surface area contributed by atoms with Gasteiger partial charge in [-0.1, -0.05) is 59.7 Å². The molecular weight excluding hydrogens is 1150 g/mol. The van der Waals surface area contributed by atoms with Crippen LogP contribution in [0.4, 0.5) is 11.4 Å². The van der Waals surface area contributed by atoms with Crippen molar-refractivity contribution < 1.29 is 4.74 Å². The molecule has 0 fully saturated rings. The van der Waals surface area contributed by atoms with Gasteiger partial charge in [0.05, 0.1) is 11.0 Å². The van der Waals surface area contributed by atoms with Gasteiger partial charge in [0.15, 0.2) is 0 Å². The topological polar surface area (TPSA) is 35.2 Å². The van der Waals surface area contributed by atoms with Crippen molar-refractivity contribution >= 4 is 107 Å². The number of para-hydroxylation sites is 3. The average Bonchev–Trinajstić information content (AvgIpc) is 1.37.